The number of benzene rings is 2. The fraction of sp³-hybridized carbons (Fsp3) is 0.235. The molecule has 0 saturated heterocycles. The summed E-state index contributed by atoms with van der Waals surface area (Å²) in [6.07, 6.45) is 1.99. The topological polar surface area (TPSA) is 81.5 Å². The lowest BCUT2D eigenvalue weighted by Gasteiger charge is -2.36. The number of carbonyl (C=O) groups is 1. The number of carbonyl (C=O) groups excluding carboxylic acids is 1. The Labute approximate surface area is 157 Å². The van der Waals surface area contributed by atoms with Crippen LogP contribution in [0.4, 0.5) is 15.8 Å². The summed E-state index contributed by atoms with van der Waals surface area (Å²) in [5.41, 5.74) is -0.423. The smallest absolute Gasteiger partial charge is 0.272 e. The molecule has 1 heterocycles. The molecule has 0 radical (unpaired) electrons. The molecule has 9 heteroatoms. The van der Waals surface area contributed by atoms with Gasteiger partial charge in [0.1, 0.15) is 0 Å². The molecule has 1 aliphatic carbocycles. The molecule has 0 aromatic heterocycles. The van der Waals surface area contributed by atoms with Gasteiger partial charge >= 0.3 is 0 Å². The fourth-order valence-corrected chi connectivity index (χ4v) is 3.98. The molecule has 2 aliphatic rings. The number of nitro benzene ring substituents is 1. The van der Waals surface area contributed by atoms with Gasteiger partial charge in [0, 0.05) is 23.4 Å². The van der Waals surface area contributed by atoms with Crippen molar-refractivity contribution in [2.45, 2.75) is 24.7 Å². The molecule has 134 valence electrons. The summed E-state index contributed by atoms with van der Waals surface area (Å²) in [6, 6.07) is 5.07. The second kappa shape index (κ2) is 5.82. The van der Waals surface area contributed by atoms with Crippen molar-refractivity contribution in [3.8, 4) is 11.5 Å². The first-order valence-electron chi connectivity index (χ1n) is 7.79. The van der Waals surface area contributed by atoms with Crippen LogP contribution in [0.25, 0.3) is 0 Å². The largest absolute Gasteiger partial charge is 0.451 e. The molecule has 26 heavy (non-hydrogen) atoms. The maximum absolute atomic E-state index is 15.1. The standard InChI is InChI=1S/C17H11Cl2FN2O4/c18-9-6-8(22(24)25)7-10(19)15(9)26-12-3-2-11-13(14(12)20)17(4-1-5-17)16(23)21-11/h2-3,6-7H,1,4-5H2,(H,21,23). The molecule has 6 nitrogen and oxygen atoms in total. The molecule has 1 aliphatic heterocycles. The quantitative estimate of drug-likeness (QED) is 0.570. The van der Waals surface area contributed by atoms with Crippen LogP contribution in [0, 0.1) is 15.9 Å². The third-order valence-corrected chi connectivity index (χ3v) is 5.44. The van der Waals surface area contributed by atoms with Gasteiger partial charge in [0.25, 0.3) is 5.69 Å². The van der Waals surface area contributed by atoms with E-state index < -0.39 is 16.2 Å². The number of nitrogens with zero attached hydrogens (tertiary/aromatic N) is 1. The molecule has 2 aromatic rings. The number of anilines is 1. The van der Waals surface area contributed by atoms with Crippen LogP contribution in [-0.4, -0.2) is 10.8 Å². The van der Waals surface area contributed by atoms with E-state index in [-0.39, 0.29) is 33.1 Å². The second-order valence-electron chi connectivity index (χ2n) is 6.29. The molecule has 0 unspecified atom stereocenters. The van der Waals surface area contributed by atoms with E-state index in [4.69, 9.17) is 27.9 Å². The Morgan fingerprint density at radius 1 is 1.23 bits per heavy atom. The highest BCUT2D eigenvalue weighted by atomic mass is 35.5. The minimum atomic E-state index is -0.845. The monoisotopic (exact) mass is 396 g/mol. The van der Waals surface area contributed by atoms with Crippen LogP contribution in [0.5, 0.6) is 11.5 Å². The minimum Gasteiger partial charge on any atom is -0.451 e. The first-order valence-corrected chi connectivity index (χ1v) is 8.55. The van der Waals surface area contributed by atoms with E-state index in [9.17, 15) is 14.9 Å². The third kappa shape index (κ3) is 2.34. The second-order valence-corrected chi connectivity index (χ2v) is 7.10. The highest BCUT2D eigenvalue weighted by molar-refractivity contribution is 6.37. The predicted octanol–water partition coefficient (Wildman–Crippen LogP) is 5.21. The fourth-order valence-electron chi connectivity index (χ4n) is 3.43. The first kappa shape index (κ1) is 17.1. The van der Waals surface area contributed by atoms with Gasteiger partial charge in [-0.05, 0) is 25.0 Å². The molecule has 1 amide bonds. The third-order valence-electron chi connectivity index (χ3n) is 4.88. The van der Waals surface area contributed by atoms with Gasteiger partial charge in [-0.25, -0.2) is 4.39 Å². The Hall–Kier alpha value is -2.38. The van der Waals surface area contributed by atoms with Gasteiger partial charge in [-0.15, -0.1) is 0 Å². The molecular weight excluding hydrogens is 386 g/mol. The van der Waals surface area contributed by atoms with Gasteiger partial charge < -0.3 is 10.1 Å². The molecule has 4 rings (SSSR count). The van der Waals surface area contributed by atoms with Crippen LogP contribution in [-0.2, 0) is 10.2 Å². The highest BCUT2D eigenvalue weighted by Gasteiger charge is 2.53. The number of fused-ring (bicyclic) bond motifs is 2. The van der Waals surface area contributed by atoms with Crippen molar-refractivity contribution in [2.24, 2.45) is 0 Å². The minimum absolute atomic E-state index is 0.0854. The number of hydrogen-bond donors (Lipinski definition) is 1. The highest BCUT2D eigenvalue weighted by Crippen LogP contribution is 2.53. The van der Waals surface area contributed by atoms with Crippen LogP contribution in [0.2, 0.25) is 10.0 Å². The summed E-state index contributed by atoms with van der Waals surface area (Å²) in [5, 5.41) is 13.3. The molecule has 1 spiro atoms. The maximum atomic E-state index is 15.1. The van der Waals surface area contributed by atoms with Crippen molar-refractivity contribution in [1.82, 2.24) is 0 Å². The number of ether oxygens (including phenoxy) is 1. The summed E-state index contributed by atoms with van der Waals surface area (Å²) in [7, 11) is 0. The van der Waals surface area contributed by atoms with Crippen LogP contribution in [0.1, 0.15) is 24.8 Å². The number of rotatable bonds is 3. The average molecular weight is 397 g/mol. The summed E-state index contributed by atoms with van der Waals surface area (Å²) in [5.74, 6) is -1.10. The van der Waals surface area contributed by atoms with Gasteiger partial charge in [0.15, 0.2) is 17.3 Å². The molecule has 2 aromatic carbocycles. The Morgan fingerprint density at radius 3 is 2.42 bits per heavy atom. The van der Waals surface area contributed by atoms with Gasteiger partial charge in [-0.1, -0.05) is 29.6 Å². The van der Waals surface area contributed by atoms with Crippen molar-refractivity contribution in [1.29, 1.82) is 0 Å². The normalized spacial score (nSPS) is 16.8. The zero-order valence-electron chi connectivity index (χ0n) is 13.1. The lowest BCUT2D eigenvalue weighted by atomic mass is 9.65. The molecule has 1 fully saturated rings. The molecule has 1 saturated carbocycles. The first-order chi connectivity index (χ1) is 12.3. The van der Waals surface area contributed by atoms with E-state index in [0.717, 1.165) is 18.6 Å². The Balaban J connectivity index is 1.76. The van der Waals surface area contributed by atoms with E-state index in [0.29, 0.717) is 24.1 Å². The van der Waals surface area contributed by atoms with E-state index in [1.54, 1.807) is 6.07 Å². The van der Waals surface area contributed by atoms with E-state index in [2.05, 4.69) is 5.32 Å². The van der Waals surface area contributed by atoms with Crippen LogP contribution in [0.15, 0.2) is 24.3 Å². The van der Waals surface area contributed by atoms with Crippen molar-refractivity contribution in [2.75, 3.05) is 5.32 Å². The average Bonchev–Trinajstić information content (AvgIpc) is 2.85. The number of hydrogen-bond acceptors (Lipinski definition) is 4. The predicted molar refractivity (Wildman–Crippen MR) is 93.7 cm³/mol. The van der Waals surface area contributed by atoms with Crippen LogP contribution in [0.3, 0.4) is 0 Å². The lowest BCUT2D eigenvalue weighted by Crippen LogP contribution is -2.41. The van der Waals surface area contributed by atoms with Crippen molar-refractivity contribution in [3.63, 3.8) is 0 Å². The SMILES string of the molecule is O=C1Nc2ccc(Oc3c(Cl)cc([N+](=O)[O-])cc3Cl)c(F)c2C12CCC2. The summed E-state index contributed by atoms with van der Waals surface area (Å²) in [6.45, 7) is 0. The number of nitro groups is 1. The zero-order chi connectivity index (χ0) is 18.6. The lowest BCUT2D eigenvalue weighted by molar-refractivity contribution is -0.384. The number of amides is 1. The molecular formula is C17H11Cl2FN2O4. The van der Waals surface area contributed by atoms with E-state index in [1.165, 1.54) is 6.07 Å². The van der Waals surface area contributed by atoms with Crippen molar-refractivity contribution < 1.29 is 18.8 Å². The van der Waals surface area contributed by atoms with Gasteiger partial charge in [-0.2, -0.15) is 0 Å². The molecule has 1 N–H and O–H groups in total. The van der Waals surface area contributed by atoms with Gasteiger partial charge in [-0.3, -0.25) is 14.9 Å². The van der Waals surface area contributed by atoms with Crippen LogP contribution < -0.4 is 10.1 Å². The summed E-state index contributed by atoms with van der Waals surface area (Å²) >= 11 is 12.0. The number of non-ortho nitro benzene ring substituents is 1. The zero-order valence-corrected chi connectivity index (χ0v) is 14.7. The number of halogens is 3. The van der Waals surface area contributed by atoms with Gasteiger partial charge in [0.05, 0.1) is 20.4 Å². The Bertz CT molecular complexity index is 952. The summed E-state index contributed by atoms with van der Waals surface area (Å²) in [4.78, 5) is 22.4. The Morgan fingerprint density at radius 2 is 1.88 bits per heavy atom. The molecule has 0 bridgehead atoms. The maximum Gasteiger partial charge on any atom is 0.272 e. The summed E-state index contributed by atoms with van der Waals surface area (Å²) < 4.78 is 20.6. The van der Waals surface area contributed by atoms with E-state index >= 15 is 4.39 Å². The number of nitrogens with one attached hydrogen (secondary N) is 1. The van der Waals surface area contributed by atoms with Gasteiger partial charge in [0.2, 0.25) is 5.91 Å². The molecule has 0 atom stereocenters. The Kier molecular flexibility index (Phi) is 3.82. The van der Waals surface area contributed by atoms with Crippen molar-refractivity contribution in [3.05, 3.63) is 55.8 Å². The van der Waals surface area contributed by atoms with E-state index in [1.807, 2.05) is 0 Å². The van der Waals surface area contributed by atoms with Crippen molar-refractivity contribution >= 4 is 40.5 Å². The van der Waals surface area contributed by atoms with Crippen LogP contribution >= 0.6 is 23.2 Å².